The third kappa shape index (κ3) is 3.81. The summed E-state index contributed by atoms with van der Waals surface area (Å²) < 4.78 is 0. The smallest absolute Gasteiger partial charge is 0.0158 e. The van der Waals surface area contributed by atoms with Crippen molar-refractivity contribution >= 4 is 0 Å². The van der Waals surface area contributed by atoms with E-state index in [4.69, 9.17) is 0 Å². The van der Waals surface area contributed by atoms with Gasteiger partial charge in [-0.3, -0.25) is 0 Å². The van der Waals surface area contributed by atoms with Crippen molar-refractivity contribution in [3.8, 4) is 0 Å². The van der Waals surface area contributed by atoms with Gasteiger partial charge in [-0.25, -0.2) is 0 Å². The van der Waals surface area contributed by atoms with Gasteiger partial charge in [0.15, 0.2) is 0 Å². The summed E-state index contributed by atoms with van der Waals surface area (Å²) in [4.78, 5) is 4.84. The first-order valence-electron chi connectivity index (χ1n) is 5.73. The molecule has 0 amide bonds. The lowest BCUT2D eigenvalue weighted by Crippen LogP contribution is -2.36. The Balaban J connectivity index is 2.13. The average Bonchev–Trinajstić information content (AvgIpc) is 2.67. The maximum atomic E-state index is 3.75. The zero-order chi connectivity index (χ0) is 10.4. The van der Waals surface area contributed by atoms with E-state index >= 15 is 0 Å². The molecular weight excluding hydrogens is 172 g/mol. The predicted octanol–water partition coefficient (Wildman–Crippen LogP) is 1.98. The first-order valence-corrected chi connectivity index (χ1v) is 5.73. The van der Waals surface area contributed by atoms with Gasteiger partial charge in [0, 0.05) is 25.7 Å². The molecule has 82 valence electrons. The molecule has 1 fully saturated rings. The lowest BCUT2D eigenvalue weighted by Gasteiger charge is -2.26. The highest BCUT2D eigenvalue weighted by molar-refractivity contribution is 4.77. The van der Waals surface area contributed by atoms with Gasteiger partial charge in [-0.05, 0) is 26.9 Å². The second kappa shape index (κ2) is 6.20. The first kappa shape index (κ1) is 11.7. The van der Waals surface area contributed by atoms with Crippen LogP contribution < -0.4 is 0 Å². The Morgan fingerprint density at radius 2 is 1.86 bits per heavy atom. The van der Waals surface area contributed by atoms with Crippen LogP contribution in [0.15, 0.2) is 12.7 Å². The molecule has 0 heterocycles. The molecule has 0 N–H and O–H groups in total. The monoisotopic (exact) mass is 196 g/mol. The van der Waals surface area contributed by atoms with Crippen molar-refractivity contribution in [2.45, 2.75) is 31.7 Å². The molecule has 2 nitrogen and oxygen atoms in total. The maximum Gasteiger partial charge on any atom is 0.0158 e. The lowest BCUT2D eigenvalue weighted by molar-refractivity contribution is 0.213. The summed E-state index contributed by atoms with van der Waals surface area (Å²) in [5.41, 5.74) is 0. The highest BCUT2D eigenvalue weighted by Crippen LogP contribution is 2.21. The van der Waals surface area contributed by atoms with Crippen LogP contribution in [0.3, 0.4) is 0 Å². The topological polar surface area (TPSA) is 6.48 Å². The quantitative estimate of drug-likeness (QED) is 0.599. The molecule has 0 aromatic carbocycles. The molecule has 0 aliphatic heterocycles. The molecule has 1 saturated carbocycles. The van der Waals surface area contributed by atoms with Crippen LogP contribution in [0.5, 0.6) is 0 Å². The third-order valence-corrected chi connectivity index (χ3v) is 3.22. The number of nitrogens with zero attached hydrogens (tertiary/aromatic N) is 2. The van der Waals surface area contributed by atoms with E-state index in [0.717, 1.165) is 19.1 Å². The zero-order valence-electron chi connectivity index (χ0n) is 9.71. The highest BCUT2D eigenvalue weighted by Gasteiger charge is 2.18. The Morgan fingerprint density at radius 3 is 2.43 bits per heavy atom. The molecule has 0 unspecified atom stereocenters. The summed E-state index contributed by atoms with van der Waals surface area (Å²) >= 11 is 0. The van der Waals surface area contributed by atoms with Crippen LogP contribution in [0.2, 0.25) is 0 Å². The van der Waals surface area contributed by atoms with Crippen molar-refractivity contribution in [3.63, 3.8) is 0 Å². The van der Waals surface area contributed by atoms with E-state index in [1.54, 1.807) is 0 Å². The van der Waals surface area contributed by atoms with Crippen molar-refractivity contribution in [2.24, 2.45) is 0 Å². The van der Waals surface area contributed by atoms with Crippen molar-refractivity contribution in [2.75, 3.05) is 33.7 Å². The van der Waals surface area contributed by atoms with Crippen LogP contribution in [0.25, 0.3) is 0 Å². The Kier molecular flexibility index (Phi) is 5.20. The fourth-order valence-electron chi connectivity index (χ4n) is 2.17. The van der Waals surface area contributed by atoms with Crippen LogP contribution >= 0.6 is 0 Å². The SMILES string of the molecule is C=CCN(C)CCN(C)C1CCCC1. The number of hydrogen-bond donors (Lipinski definition) is 0. The maximum absolute atomic E-state index is 3.75. The summed E-state index contributed by atoms with van der Waals surface area (Å²) in [7, 11) is 4.42. The molecular formula is C12H24N2. The van der Waals surface area contributed by atoms with Crippen LogP contribution in [-0.2, 0) is 0 Å². The molecule has 0 bridgehead atoms. The molecule has 0 aromatic rings. The van der Waals surface area contributed by atoms with Gasteiger partial charge in [-0.1, -0.05) is 18.9 Å². The third-order valence-electron chi connectivity index (χ3n) is 3.22. The summed E-state index contributed by atoms with van der Waals surface area (Å²) in [6.45, 7) is 7.09. The molecule has 1 aliphatic carbocycles. The van der Waals surface area contributed by atoms with Crippen LogP contribution in [-0.4, -0.2) is 49.6 Å². The van der Waals surface area contributed by atoms with E-state index in [9.17, 15) is 0 Å². The van der Waals surface area contributed by atoms with Crippen LogP contribution in [0.1, 0.15) is 25.7 Å². The van der Waals surface area contributed by atoms with Gasteiger partial charge in [0.2, 0.25) is 0 Å². The highest BCUT2D eigenvalue weighted by atomic mass is 15.2. The van der Waals surface area contributed by atoms with Gasteiger partial charge in [0.1, 0.15) is 0 Å². The Labute approximate surface area is 88.6 Å². The van der Waals surface area contributed by atoms with E-state index < -0.39 is 0 Å². The molecule has 2 heteroatoms. The molecule has 0 atom stereocenters. The minimum Gasteiger partial charge on any atom is -0.302 e. The minimum atomic E-state index is 0.854. The number of likely N-dealkylation sites (N-methyl/N-ethyl adjacent to an activating group) is 2. The van der Waals surface area contributed by atoms with Gasteiger partial charge in [0.25, 0.3) is 0 Å². The molecule has 0 radical (unpaired) electrons. The Morgan fingerprint density at radius 1 is 1.21 bits per heavy atom. The molecule has 0 aromatic heterocycles. The molecule has 1 rings (SSSR count). The summed E-state index contributed by atoms with van der Waals surface area (Å²) in [6, 6.07) is 0.854. The normalized spacial score (nSPS) is 18.3. The predicted molar refractivity (Wildman–Crippen MR) is 62.6 cm³/mol. The van der Waals surface area contributed by atoms with Crippen LogP contribution in [0, 0.1) is 0 Å². The van der Waals surface area contributed by atoms with Gasteiger partial charge in [0.05, 0.1) is 0 Å². The molecule has 1 aliphatic rings. The second-order valence-electron chi connectivity index (χ2n) is 4.47. The van der Waals surface area contributed by atoms with E-state index in [0.29, 0.717) is 0 Å². The number of rotatable bonds is 6. The first-order chi connectivity index (χ1) is 6.74. The number of hydrogen-bond acceptors (Lipinski definition) is 2. The summed E-state index contributed by atoms with van der Waals surface area (Å²) in [5, 5.41) is 0. The molecule has 0 spiro atoms. The summed E-state index contributed by atoms with van der Waals surface area (Å²) in [6.07, 6.45) is 7.63. The second-order valence-corrected chi connectivity index (χ2v) is 4.47. The minimum absolute atomic E-state index is 0.854. The lowest BCUT2D eigenvalue weighted by atomic mass is 10.2. The van der Waals surface area contributed by atoms with Crippen molar-refractivity contribution in [3.05, 3.63) is 12.7 Å². The van der Waals surface area contributed by atoms with Crippen LogP contribution in [0.4, 0.5) is 0 Å². The molecule has 14 heavy (non-hydrogen) atoms. The van der Waals surface area contributed by atoms with E-state index in [1.165, 1.54) is 32.2 Å². The van der Waals surface area contributed by atoms with Crippen molar-refractivity contribution in [1.29, 1.82) is 0 Å². The molecule has 0 saturated heterocycles. The van der Waals surface area contributed by atoms with E-state index in [-0.39, 0.29) is 0 Å². The summed E-state index contributed by atoms with van der Waals surface area (Å²) in [5.74, 6) is 0. The van der Waals surface area contributed by atoms with E-state index in [1.807, 2.05) is 6.08 Å². The Bertz CT molecular complexity index is 162. The van der Waals surface area contributed by atoms with Gasteiger partial charge in [-0.2, -0.15) is 0 Å². The fourth-order valence-corrected chi connectivity index (χ4v) is 2.17. The standard InChI is InChI=1S/C12H24N2/c1-4-9-13(2)10-11-14(3)12-7-5-6-8-12/h4,12H,1,5-11H2,2-3H3. The zero-order valence-corrected chi connectivity index (χ0v) is 9.71. The average molecular weight is 196 g/mol. The largest absolute Gasteiger partial charge is 0.302 e. The van der Waals surface area contributed by atoms with Gasteiger partial charge in [-0.15, -0.1) is 6.58 Å². The van der Waals surface area contributed by atoms with Crippen molar-refractivity contribution in [1.82, 2.24) is 9.80 Å². The van der Waals surface area contributed by atoms with Gasteiger partial charge < -0.3 is 9.80 Å². The Hall–Kier alpha value is -0.340. The van der Waals surface area contributed by atoms with E-state index in [2.05, 4.69) is 30.5 Å². The van der Waals surface area contributed by atoms with Crippen molar-refractivity contribution < 1.29 is 0 Å². The van der Waals surface area contributed by atoms with Gasteiger partial charge >= 0.3 is 0 Å². The fraction of sp³-hybridized carbons (Fsp3) is 0.833.